The number of H-pyrrole nitrogens is 1. The highest BCUT2D eigenvalue weighted by Gasteiger charge is 2.20. The molecule has 1 atom stereocenters. The van der Waals surface area contributed by atoms with Gasteiger partial charge in [-0.15, -0.1) is 0 Å². The largest absolute Gasteiger partial charge is 0.493 e. The molecule has 6 nitrogen and oxygen atoms in total. The molecule has 148 valence electrons. The average Bonchev–Trinajstić information content (AvgIpc) is 3.10. The lowest BCUT2D eigenvalue weighted by Crippen LogP contribution is -2.34. The topological polar surface area (TPSA) is 72.6 Å². The molecular weight excluding hydrogens is 380 g/mol. The third kappa shape index (κ3) is 4.02. The van der Waals surface area contributed by atoms with E-state index in [4.69, 9.17) is 25.8 Å². The number of hydrogen-bond acceptors (Lipinski definition) is 4. The van der Waals surface area contributed by atoms with Crippen LogP contribution in [0.2, 0.25) is 5.02 Å². The van der Waals surface area contributed by atoms with Crippen molar-refractivity contribution in [2.75, 3.05) is 21.3 Å². The van der Waals surface area contributed by atoms with Gasteiger partial charge in [0.2, 0.25) is 5.75 Å². The van der Waals surface area contributed by atoms with Crippen LogP contribution in [0.1, 0.15) is 23.0 Å². The van der Waals surface area contributed by atoms with Gasteiger partial charge >= 0.3 is 0 Å². The fraction of sp³-hybridized carbons (Fsp3) is 0.286. The molecule has 0 fully saturated rings. The van der Waals surface area contributed by atoms with E-state index in [0.717, 1.165) is 10.9 Å². The summed E-state index contributed by atoms with van der Waals surface area (Å²) in [6, 6.07) is 11.1. The number of carbonyl (C=O) groups excluding carboxylic acids is 1. The second-order valence-electron chi connectivity index (χ2n) is 6.50. The van der Waals surface area contributed by atoms with Crippen LogP contribution in [0.4, 0.5) is 0 Å². The molecule has 3 aromatic rings. The quantitative estimate of drug-likeness (QED) is 0.621. The van der Waals surface area contributed by atoms with Crippen LogP contribution in [0.3, 0.4) is 0 Å². The van der Waals surface area contributed by atoms with Crippen molar-refractivity contribution in [2.45, 2.75) is 19.4 Å². The molecular formula is C21H23ClN2O4. The number of fused-ring (bicyclic) bond motifs is 1. The Kier molecular flexibility index (Phi) is 5.99. The Morgan fingerprint density at radius 1 is 1.11 bits per heavy atom. The van der Waals surface area contributed by atoms with Crippen molar-refractivity contribution in [1.82, 2.24) is 10.3 Å². The van der Waals surface area contributed by atoms with Crippen molar-refractivity contribution in [2.24, 2.45) is 0 Å². The summed E-state index contributed by atoms with van der Waals surface area (Å²) < 4.78 is 16.2. The monoisotopic (exact) mass is 402 g/mol. The first kappa shape index (κ1) is 19.9. The Balaban J connectivity index is 1.83. The summed E-state index contributed by atoms with van der Waals surface area (Å²) in [5.74, 6) is 1.29. The van der Waals surface area contributed by atoms with Gasteiger partial charge in [-0.05, 0) is 43.2 Å². The molecule has 2 N–H and O–H groups in total. The number of hydrogen-bond donors (Lipinski definition) is 2. The van der Waals surface area contributed by atoms with E-state index >= 15 is 0 Å². The summed E-state index contributed by atoms with van der Waals surface area (Å²) in [5.41, 5.74) is 2.17. The maximum Gasteiger partial charge on any atom is 0.267 e. The third-order valence-corrected chi connectivity index (χ3v) is 4.71. The normalized spacial score (nSPS) is 11.9. The first-order valence-corrected chi connectivity index (χ1v) is 9.21. The number of aromatic nitrogens is 1. The van der Waals surface area contributed by atoms with Crippen LogP contribution >= 0.6 is 11.6 Å². The summed E-state index contributed by atoms with van der Waals surface area (Å²) in [5, 5.41) is 4.48. The van der Waals surface area contributed by atoms with Crippen molar-refractivity contribution >= 4 is 28.4 Å². The van der Waals surface area contributed by atoms with Crippen LogP contribution in [-0.4, -0.2) is 38.3 Å². The van der Waals surface area contributed by atoms with E-state index in [9.17, 15) is 4.79 Å². The number of benzene rings is 2. The first-order chi connectivity index (χ1) is 13.5. The van der Waals surface area contributed by atoms with Gasteiger partial charge < -0.3 is 24.5 Å². The predicted octanol–water partition coefficient (Wildman–Crippen LogP) is 4.21. The van der Waals surface area contributed by atoms with Gasteiger partial charge in [-0.3, -0.25) is 4.79 Å². The molecule has 1 amide bonds. The summed E-state index contributed by atoms with van der Waals surface area (Å²) in [4.78, 5) is 15.8. The highest BCUT2D eigenvalue weighted by Crippen LogP contribution is 2.43. The fourth-order valence-corrected chi connectivity index (χ4v) is 3.45. The summed E-state index contributed by atoms with van der Waals surface area (Å²) in [6.07, 6.45) is 0.678. The Morgan fingerprint density at radius 2 is 1.86 bits per heavy atom. The lowest BCUT2D eigenvalue weighted by atomic mass is 10.1. The molecule has 1 aromatic heterocycles. The fourth-order valence-electron chi connectivity index (χ4n) is 3.24. The van der Waals surface area contributed by atoms with Gasteiger partial charge in [0.1, 0.15) is 5.69 Å². The molecule has 28 heavy (non-hydrogen) atoms. The number of methoxy groups -OCH3 is 3. The van der Waals surface area contributed by atoms with Gasteiger partial charge in [0.05, 0.1) is 26.8 Å². The molecule has 0 aliphatic carbocycles. The third-order valence-electron chi connectivity index (χ3n) is 4.47. The maximum atomic E-state index is 12.7. The summed E-state index contributed by atoms with van der Waals surface area (Å²) >= 11 is 6.03. The number of ether oxygens (including phenoxy) is 3. The van der Waals surface area contributed by atoms with E-state index < -0.39 is 0 Å². The number of rotatable bonds is 7. The van der Waals surface area contributed by atoms with E-state index in [0.29, 0.717) is 39.9 Å². The van der Waals surface area contributed by atoms with E-state index in [1.807, 2.05) is 31.2 Å². The minimum Gasteiger partial charge on any atom is -0.493 e. The molecule has 0 saturated carbocycles. The number of halogens is 1. The van der Waals surface area contributed by atoms with Gasteiger partial charge in [0.25, 0.3) is 5.91 Å². The van der Waals surface area contributed by atoms with E-state index in [1.54, 1.807) is 33.5 Å². The lowest BCUT2D eigenvalue weighted by Gasteiger charge is -2.13. The summed E-state index contributed by atoms with van der Waals surface area (Å²) in [6.45, 7) is 1.95. The number of amides is 1. The molecule has 0 aliphatic heterocycles. The van der Waals surface area contributed by atoms with Crippen molar-refractivity contribution in [3.63, 3.8) is 0 Å². The second kappa shape index (κ2) is 8.44. The average molecular weight is 403 g/mol. The number of aromatic amines is 1. The molecule has 0 bridgehead atoms. The Morgan fingerprint density at radius 3 is 2.50 bits per heavy atom. The molecule has 0 radical (unpaired) electrons. The SMILES string of the molecule is COc1cc2cc(C(=O)N[C@@H](C)Cc3cccc(Cl)c3)[nH]c2c(OC)c1OC. The Hall–Kier alpha value is -2.86. The van der Waals surface area contributed by atoms with Crippen molar-refractivity contribution in [3.05, 3.63) is 52.7 Å². The molecule has 1 heterocycles. The molecule has 0 unspecified atom stereocenters. The van der Waals surface area contributed by atoms with Crippen LogP contribution < -0.4 is 19.5 Å². The van der Waals surface area contributed by atoms with E-state index in [1.165, 1.54) is 0 Å². The van der Waals surface area contributed by atoms with Crippen molar-refractivity contribution in [3.8, 4) is 17.2 Å². The standard InChI is InChI=1S/C21H23ClN2O4/c1-12(8-13-6-5-7-15(22)9-13)23-21(25)16-10-14-11-17(26-2)19(27-3)20(28-4)18(14)24-16/h5-7,9-12,24H,8H2,1-4H3,(H,23,25)/t12-/m0/s1. The van der Waals surface area contributed by atoms with Crippen LogP contribution in [0.5, 0.6) is 17.2 Å². The second-order valence-corrected chi connectivity index (χ2v) is 6.94. The van der Waals surface area contributed by atoms with Gasteiger partial charge in [0, 0.05) is 16.5 Å². The summed E-state index contributed by atoms with van der Waals surface area (Å²) in [7, 11) is 4.64. The van der Waals surface area contributed by atoms with Crippen LogP contribution in [0.25, 0.3) is 10.9 Å². The van der Waals surface area contributed by atoms with Crippen molar-refractivity contribution < 1.29 is 19.0 Å². The predicted molar refractivity (Wildman–Crippen MR) is 110 cm³/mol. The van der Waals surface area contributed by atoms with Gasteiger partial charge in [0.15, 0.2) is 11.5 Å². The molecule has 2 aromatic carbocycles. The number of carbonyl (C=O) groups is 1. The molecule has 0 aliphatic rings. The van der Waals surface area contributed by atoms with Crippen molar-refractivity contribution in [1.29, 1.82) is 0 Å². The Bertz CT molecular complexity index is 999. The number of nitrogens with one attached hydrogen (secondary N) is 2. The molecule has 3 rings (SSSR count). The molecule has 0 saturated heterocycles. The highest BCUT2D eigenvalue weighted by atomic mass is 35.5. The zero-order chi connectivity index (χ0) is 20.3. The van der Waals surface area contributed by atoms with E-state index in [-0.39, 0.29) is 11.9 Å². The molecule has 0 spiro atoms. The van der Waals surface area contributed by atoms with Crippen LogP contribution in [-0.2, 0) is 6.42 Å². The van der Waals surface area contributed by atoms with Crippen LogP contribution in [0.15, 0.2) is 36.4 Å². The Labute approximate surface area is 168 Å². The zero-order valence-corrected chi connectivity index (χ0v) is 17.0. The van der Waals surface area contributed by atoms with Crippen LogP contribution in [0, 0.1) is 0 Å². The van der Waals surface area contributed by atoms with E-state index in [2.05, 4.69) is 10.3 Å². The van der Waals surface area contributed by atoms with Gasteiger partial charge in [-0.25, -0.2) is 0 Å². The highest BCUT2D eigenvalue weighted by molar-refractivity contribution is 6.30. The van der Waals surface area contributed by atoms with Gasteiger partial charge in [-0.1, -0.05) is 23.7 Å². The first-order valence-electron chi connectivity index (χ1n) is 8.83. The minimum atomic E-state index is -0.203. The maximum absolute atomic E-state index is 12.7. The zero-order valence-electron chi connectivity index (χ0n) is 16.3. The van der Waals surface area contributed by atoms with Gasteiger partial charge in [-0.2, -0.15) is 0 Å². The minimum absolute atomic E-state index is 0.0663. The smallest absolute Gasteiger partial charge is 0.267 e. The molecule has 7 heteroatoms. The lowest BCUT2D eigenvalue weighted by molar-refractivity contribution is 0.0936.